The molecule has 1 fully saturated rings. The topological polar surface area (TPSA) is 89.2 Å². The third-order valence-corrected chi connectivity index (χ3v) is 7.08. The second-order valence-corrected chi connectivity index (χ2v) is 8.87. The molecule has 1 atom stereocenters. The largest absolute Gasteiger partial charge is 0.337 e. The highest BCUT2D eigenvalue weighted by molar-refractivity contribution is 7.89. The number of sulfonamides is 1. The van der Waals surface area contributed by atoms with E-state index in [0.717, 1.165) is 22.8 Å². The van der Waals surface area contributed by atoms with E-state index in [0.29, 0.717) is 24.7 Å². The second-order valence-electron chi connectivity index (χ2n) is 6.98. The Balaban J connectivity index is 1.49. The number of benzene rings is 2. The van der Waals surface area contributed by atoms with Gasteiger partial charge in [-0.1, -0.05) is 35.5 Å². The summed E-state index contributed by atoms with van der Waals surface area (Å²) in [6.07, 6.45) is 4.69. The number of nitrogens with zero attached hydrogens (tertiary/aromatic N) is 4. The lowest BCUT2D eigenvalue weighted by Crippen LogP contribution is -2.30. The summed E-state index contributed by atoms with van der Waals surface area (Å²) in [6, 6.07) is 16.1. The molecular formula is C21H18N4O3S. The zero-order valence-corrected chi connectivity index (χ0v) is 16.3. The molecule has 0 unspecified atom stereocenters. The van der Waals surface area contributed by atoms with Gasteiger partial charge in [-0.3, -0.25) is 4.98 Å². The van der Waals surface area contributed by atoms with Crippen LogP contribution in [0.5, 0.6) is 0 Å². The Hall–Kier alpha value is -3.10. The fraction of sp³-hybridized carbons (Fsp3) is 0.190. The van der Waals surface area contributed by atoms with Crippen molar-refractivity contribution in [1.82, 2.24) is 19.4 Å². The van der Waals surface area contributed by atoms with E-state index in [-0.39, 0.29) is 4.90 Å². The van der Waals surface area contributed by atoms with Gasteiger partial charge in [-0.05, 0) is 47.9 Å². The fourth-order valence-electron chi connectivity index (χ4n) is 3.72. The summed E-state index contributed by atoms with van der Waals surface area (Å²) in [7, 11) is -3.69. The van der Waals surface area contributed by atoms with Crippen molar-refractivity contribution >= 4 is 20.8 Å². The average Bonchev–Trinajstić information content (AvgIpc) is 3.44. The van der Waals surface area contributed by atoms with Crippen LogP contribution in [0.15, 0.2) is 76.4 Å². The molecule has 1 aliphatic heterocycles. The first-order valence-electron chi connectivity index (χ1n) is 9.37. The predicted octanol–water partition coefficient (Wildman–Crippen LogP) is 3.81. The Labute approximate surface area is 168 Å². The van der Waals surface area contributed by atoms with E-state index in [1.165, 1.54) is 4.31 Å². The Bertz CT molecular complexity index is 1270. The maximum atomic E-state index is 13.4. The van der Waals surface area contributed by atoms with Gasteiger partial charge in [-0.2, -0.15) is 9.29 Å². The average molecular weight is 406 g/mol. The van der Waals surface area contributed by atoms with Gasteiger partial charge >= 0.3 is 0 Å². The maximum absolute atomic E-state index is 13.4. The van der Waals surface area contributed by atoms with Gasteiger partial charge in [0, 0.05) is 24.5 Å². The Kier molecular flexibility index (Phi) is 4.37. The van der Waals surface area contributed by atoms with E-state index in [2.05, 4.69) is 15.1 Å². The SMILES string of the molecule is O=S(=O)(c1ccc2ccccc2c1)N1CCC[C@H]1c1nc(-c2cccnc2)no1. The Morgan fingerprint density at radius 3 is 2.72 bits per heavy atom. The van der Waals surface area contributed by atoms with Crippen LogP contribution in [0.2, 0.25) is 0 Å². The molecule has 1 aliphatic rings. The third-order valence-electron chi connectivity index (χ3n) is 5.18. The van der Waals surface area contributed by atoms with E-state index in [1.807, 2.05) is 36.4 Å². The molecule has 8 heteroatoms. The van der Waals surface area contributed by atoms with Crippen molar-refractivity contribution < 1.29 is 12.9 Å². The normalized spacial score (nSPS) is 17.7. The zero-order chi connectivity index (χ0) is 19.8. The molecule has 5 rings (SSSR count). The molecule has 2 aromatic heterocycles. The highest BCUT2D eigenvalue weighted by Crippen LogP contribution is 2.37. The number of hydrogen-bond donors (Lipinski definition) is 0. The molecule has 0 bridgehead atoms. The van der Waals surface area contributed by atoms with E-state index < -0.39 is 16.1 Å². The van der Waals surface area contributed by atoms with Crippen molar-refractivity contribution in [2.75, 3.05) is 6.54 Å². The predicted molar refractivity (Wildman–Crippen MR) is 107 cm³/mol. The number of aromatic nitrogens is 3. The van der Waals surface area contributed by atoms with Crippen LogP contribution in [-0.4, -0.2) is 34.4 Å². The van der Waals surface area contributed by atoms with Crippen molar-refractivity contribution in [2.45, 2.75) is 23.8 Å². The van der Waals surface area contributed by atoms with Gasteiger partial charge in [0.2, 0.25) is 21.7 Å². The highest BCUT2D eigenvalue weighted by atomic mass is 32.2. The summed E-state index contributed by atoms with van der Waals surface area (Å²) in [4.78, 5) is 8.78. The van der Waals surface area contributed by atoms with Crippen LogP contribution in [0.25, 0.3) is 22.2 Å². The molecule has 3 heterocycles. The van der Waals surface area contributed by atoms with Crippen molar-refractivity contribution in [3.05, 3.63) is 72.9 Å². The lowest BCUT2D eigenvalue weighted by molar-refractivity contribution is 0.290. The first-order valence-corrected chi connectivity index (χ1v) is 10.8. The second kappa shape index (κ2) is 7.06. The molecule has 0 N–H and O–H groups in total. The molecule has 0 amide bonds. The molecule has 1 saturated heterocycles. The van der Waals surface area contributed by atoms with Gasteiger partial charge in [0.1, 0.15) is 6.04 Å². The van der Waals surface area contributed by atoms with Crippen LogP contribution in [0.1, 0.15) is 24.8 Å². The number of fused-ring (bicyclic) bond motifs is 1. The van der Waals surface area contributed by atoms with Gasteiger partial charge in [0.25, 0.3) is 0 Å². The molecule has 0 aliphatic carbocycles. The summed E-state index contributed by atoms with van der Waals surface area (Å²) in [5.41, 5.74) is 0.726. The molecule has 29 heavy (non-hydrogen) atoms. The highest BCUT2D eigenvalue weighted by Gasteiger charge is 2.39. The van der Waals surface area contributed by atoms with Crippen LogP contribution in [0.3, 0.4) is 0 Å². The molecule has 4 aromatic rings. The fourth-order valence-corrected chi connectivity index (χ4v) is 5.41. The van der Waals surface area contributed by atoms with E-state index in [1.54, 1.807) is 30.6 Å². The number of hydrogen-bond acceptors (Lipinski definition) is 6. The van der Waals surface area contributed by atoms with Crippen LogP contribution in [-0.2, 0) is 10.0 Å². The lowest BCUT2D eigenvalue weighted by atomic mass is 10.1. The Morgan fingerprint density at radius 2 is 1.90 bits per heavy atom. The lowest BCUT2D eigenvalue weighted by Gasteiger charge is -2.21. The van der Waals surface area contributed by atoms with E-state index >= 15 is 0 Å². The summed E-state index contributed by atoms with van der Waals surface area (Å²) < 4.78 is 33.6. The number of rotatable bonds is 4. The van der Waals surface area contributed by atoms with Gasteiger partial charge in [0.05, 0.1) is 4.90 Å². The van der Waals surface area contributed by atoms with Gasteiger partial charge in [-0.15, -0.1) is 0 Å². The monoisotopic (exact) mass is 406 g/mol. The molecule has 0 radical (unpaired) electrons. The van der Waals surface area contributed by atoms with E-state index in [4.69, 9.17) is 4.52 Å². The third kappa shape index (κ3) is 3.20. The summed E-state index contributed by atoms with van der Waals surface area (Å²) in [6.45, 7) is 0.421. The Morgan fingerprint density at radius 1 is 1.03 bits per heavy atom. The van der Waals surface area contributed by atoms with E-state index in [9.17, 15) is 8.42 Å². The van der Waals surface area contributed by atoms with Crippen molar-refractivity contribution in [1.29, 1.82) is 0 Å². The van der Waals surface area contributed by atoms with Crippen LogP contribution < -0.4 is 0 Å². The van der Waals surface area contributed by atoms with Crippen molar-refractivity contribution in [3.8, 4) is 11.4 Å². The summed E-state index contributed by atoms with van der Waals surface area (Å²) in [5.74, 6) is 0.716. The molecule has 0 spiro atoms. The maximum Gasteiger partial charge on any atom is 0.245 e. The van der Waals surface area contributed by atoms with Crippen LogP contribution >= 0.6 is 0 Å². The summed E-state index contributed by atoms with van der Waals surface area (Å²) in [5, 5.41) is 5.91. The molecular weight excluding hydrogens is 388 g/mol. The smallest absolute Gasteiger partial charge is 0.245 e. The van der Waals surface area contributed by atoms with Gasteiger partial charge < -0.3 is 4.52 Å². The zero-order valence-electron chi connectivity index (χ0n) is 15.5. The first kappa shape index (κ1) is 18.0. The molecule has 2 aromatic carbocycles. The van der Waals surface area contributed by atoms with Crippen LogP contribution in [0, 0.1) is 0 Å². The minimum absolute atomic E-state index is 0.273. The van der Waals surface area contributed by atoms with Gasteiger partial charge in [-0.25, -0.2) is 8.42 Å². The van der Waals surface area contributed by atoms with Crippen LogP contribution in [0.4, 0.5) is 0 Å². The molecule has 146 valence electrons. The van der Waals surface area contributed by atoms with Crippen molar-refractivity contribution in [2.24, 2.45) is 0 Å². The first-order chi connectivity index (χ1) is 14.1. The minimum atomic E-state index is -3.69. The quantitative estimate of drug-likeness (QED) is 0.512. The summed E-state index contributed by atoms with van der Waals surface area (Å²) >= 11 is 0. The van der Waals surface area contributed by atoms with Crippen molar-refractivity contribution in [3.63, 3.8) is 0 Å². The molecule has 7 nitrogen and oxygen atoms in total. The molecule has 0 saturated carbocycles. The van der Waals surface area contributed by atoms with Gasteiger partial charge in [0.15, 0.2) is 0 Å². The number of pyridine rings is 1. The standard InChI is InChI=1S/C21H18N4O3S/c26-29(27,18-10-9-15-5-1-2-6-16(15)13-18)25-12-4-8-19(25)21-23-20(24-28-21)17-7-3-11-22-14-17/h1-3,5-7,9-11,13-14,19H,4,8,12H2/t19-/m0/s1. The minimum Gasteiger partial charge on any atom is -0.337 e.